The lowest BCUT2D eigenvalue weighted by atomic mass is 10.2. The van der Waals surface area contributed by atoms with Crippen molar-refractivity contribution in [3.8, 4) is 5.75 Å². The van der Waals surface area contributed by atoms with E-state index in [0.717, 1.165) is 5.56 Å². The molecular weight excluding hydrogens is 316 g/mol. The van der Waals surface area contributed by atoms with E-state index >= 15 is 0 Å². The van der Waals surface area contributed by atoms with Gasteiger partial charge in [-0.15, -0.1) is 0 Å². The predicted octanol–water partition coefficient (Wildman–Crippen LogP) is 3.14. The smallest absolute Gasteiger partial charge is 0.240 e. The fraction of sp³-hybridized carbons (Fsp3) is 0.300. The number of nitrogens with zero attached hydrogens (tertiary/aromatic N) is 1. The standard InChI is InChI=1S/C20H24N2O3/c1-15(2)21-20(24)13-22(16(3)23)18-9-11-19(12-10-18)25-14-17-7-5-4-6-8-17/h4-12,15H,13-14H2,1-3H3,(H,21,24). The van der Waals surface area contributed by atoms with Gasteiger partial charge in [0, 0.05) is 18.7 Å². The number of ether oxygens (including phenoxy) is 1. The van der Waals surface area contributed by atoms with Gasteiger partial charge in [-0.05, 0) is 43.7 Å². The summed E-state index contributed by atoms with van der Waals surface area (Å²) in [5.41, 5.74) is 1.75. The summed E-state index contributed by atoms with van der Waals surface area (Å²) >= 11 is 0. The first-order valence-corrected chi connectivity index (χ1v) is 8.30. The topological polar surface area (TPSA) is 58.6 Å². The molecule has 0 aromatic heterocycles. The van der Waals surface area contributed by atoms with Gasteiger partial charge in [0.15, 0.2) is 0 Å². The van der Waals surface area contributed by atoms with Gasteiger partial charge in [-0.2, -0.15) is 0 Å². The van der Waals surface area contributed by atoms with Crippen LogP contribution >= 0.6 is 0 Å². The lowest BCUT2D eigenvalue weighted by Crippen LogP contribution is -2.42. The number of carbonyl (C=O) groups is 2. The third-order valence-corrected chi connectivity index (χ3v) is 3.53. The second kappa shape index (κ2) is 8.87. The average Bonchev–Trinajstić information content (AvgIpc) is 2.58. The van der Waals surface area contributed by atoms with E-state index in [2.05, 4.69) is 5.32 Å². The summed E-state index contributed by atoms with van der Waals surface area (Å²) in [5, 5.41) is 2.79. The van der Waals surface area contributed by atoms with Crippen molar-refractivity contribution in [2.75, 3.05) is 11.4 Å². The van der Waals surface area contributed by atoms with Crippen LogP contribution in [-0.4, -0.2) is 24.4 Å². The maximum atomic E-state index is 11.9. The Bertz CT molecular complexity index is 697. The molecule has 25 heavy (non-hydrogen) atoms. The monoisotopic (exact) mass is 340 g/mol. The molecule has 5 heteroatoms. The molecule has 1 N–H and O–H groups in total. The number of hydrogen-bond acceptors (Lipinski definition) is 3. The average molecular weight is 340 g/mol. The Balaban J connectivity index is 2.00. The fourth-order valence-electron chi connectivity index (χ4n) is 2.36. The van der Waals surface area contributed by atoms with Crippen LogP contribution in [0.25, 0.3) is 0 Å². The highest BCUT2D eigenvalue weighted by atomic mass is 16.5. The zero-order valence-corrected chi connectivity index (χ0v) is 14.9. The Labute approximate surface area is 148 Å². The highest BCUT2D eigenvalue weighted by Gasteiger charge is 2.16. The van der Waals surface area contributed by atoms with Crippen molar-refractivity contribution < 1.29 is 14.3 Å². The number of benzene rings is 2. The second-order valence-electron chi connectivity index (χ2n) is 6.10. The van der Waals surface area contributed by atoms with E-state index in [1.807, 2.05) is 44.2 Å². The van der Waals surface area contributed by atoms with E-state index in [9.17, 15) is 9.59 Å². The van der Waals surface area contributed by atoms with Crippen LogP contribution < -0.4 is 15.0 Å². The Morgan fingerprint density at radius 3 is 2.24 bits per heavy atom. The van der Waals surface area contributed by atoms with Crippen LogP contribution in [0.2, 0.25) is 0 Å². The molecule has 0 bridgehead atoms. The maximum Gasteiger partial charge on any atom is 0.240 e. The van der Waals surface area contributed by atoms with Crippen molar-refractivity contribution in [2.45, 2.75) is 33.4 Å². The molecule has 0 aliphatic heterocycles. The molecule has 2 amide bonds. The Hall–Kier alpha value is -2.82. The lowest BCUT2D eigenvalue weighted by molar-refractivity contribution is -0.123. The van der Waals surface area contributed by atoms with E-state index < -0.39 is 0 Å². The van der Waals surface area contributed by atoms with Crippen LogP contribution in [0, 0.1) is 0 Å². The highest BCUT2D eigenvalue weighted by Crippen LogP contribution is 2.20. The Morgan fingerprint density at radius 2 is 1.68 bits per heavy atom. The first-order chi connectivity index (χ1) is 12.0. The van der Waals surface area contributed by atoms with Crippen LogP contribution in [0.3, 0.4) is 0 Å². The van der Waals surface area contributed by atoms with Gasteiger partial charge in [0.25, 0.3) is 0 Å². The number of carbonyl (C=O) groups excluding carboxylic acids is 2. The Morgan fingerprint density at radius 1 is 1.04 bits per heavy atom. The van der Waals surface area contributed by atoms with E-state index in [-0.39, 0.29) is 24.4 Å². The molecule has 5 nitrogen and oxygen atoms in total. The number of anilines is 1. The van der Waals surface area contributed by atoms with Crippen LogP contribution in [0.1, 0.15) is 26.3 Å². The molecule has 2 aromatic carbocycles. The maximum absolute atomic E-state index is 11.9. The third kappa shape index (κ3) is 5.95. The van der Waals surface area contributed by atoms with Crippen molar-refractivity contribution in [1.29, 1.82) is 0 Å². The third-order valence-electron chi connectivity index (χ3n) is 3.53. The molecular formula is C20H24N2O3. The summed E-state index contributed by atoms with van der Waals surface area (Å²) in [7, 11) is 0. The summed E-state index contributed by atoms with van der Waals surface area (Å²) in [4.78, 5) is 25.3. The van der Waals surface area contributed by atoms with Gasteiger partial charge in [0.2, 0.25) is 11.8 Å². The molecule has 2 rings (SSSR count). The van der Waals surface area contributed by atoms with Gasteiger partial charge >= 0.3 is 0 Å². The van der Waals surface area contributed by atoms with E-state index in [4.69, 9.17) is 4.74 Å². The van der Waals surface area contributed by atoms with Crippen LogP contribution in [-0.2, 0) is 16.2 Å². The quantitative estimate of drug-likeness (QED) is 0.842. The first-order valence-electron chi connectivity index (χ1n) is 8.30. The molecule has 0 unspecified atom stereocenters. The van der Waals surface area contributed by atoms with Crippen LogP contribution in [0.15, 0.2) is 54.6 Å². The number of hydrogen-bond donors (Lipinski definition) is 1. The molecule has 0 fully saturated rings. The molecule has 0 radical (unpaired) electrons. The Kier molecular flexibility index (Phi) is 6.57. The number of rotatable bonds is 7. The van der Waals surface area contributed by atoms with Crippen molar-refractivity contribution in [3.05, 3.63) is 60.2 Å². The summed E-state index contributed by atoms with van der Waals surface area (Å²) < 4.78 is 5.74. The molecule has 0 spiro atoms. The SMILES string of the molecule is CC(=O)N(CC(=O)NC(C)C)c1ccc(OCc2ccccc2)cc1. The zero-order valence-electron chi connectivity index (χ0n) is 14.9. The van der Waals surface area contributed by atoms with Gasteiger partial charge in [-0.1, -0.05) is 30.3 Å². The normalized spacial score (nSPS) is 10.4. The summed E-state index contributed by atoms with van der Waals surface area (Å²) in [6.45, 7) is 5.69. The molecule has 0 aliphatic carbocycles. The molecule has 2 aromatic rings. The fourth-order valence-corrected chi connectivity index (χ4v) is 2.36. The number of amides is 2. The van der Waals surface area contributed by atoms with Crippen LogP contribution in [0.5, 0.6) is 5.75 Å². The van der Waals surface area contributed by atoms with Gasteiger partial charge in [0.05, 0.1) is 0 Å². The van der Waals surface area contributed by atoms with Gasteiger partial charge in [-0.25, -0.2) is 0 Å². The largest absolute Gasteiger partial charge is 0.489 e. The van der Waals surface area contributed by atoms with E-state index in [0.29, 0.717) is 18.0 Å². The van der Waals surface area contributed by atoms with Crippen molar-refractivity contribution in [3.63, 3.8) is 0 Å². The molecule has 0 saturated carbocycles. The highest BCUT2D eigenvalue weighted by molar-refractivity contribution is 5.97. The second-order valence-corrected chi connectivity index (χ2v) is 6.10. The van der Waals surface area contributed by atoms with E-state index in [1.165, 1.54) is 11.8 Å². The molecule has 0 atom stereocenters. The van der Waals surface area contributed by atoms with Gasteiger partial charge in [-0.3, -0.25) is 9.59 Å². The summed E-state index contributed by atoms with van der Waals surface area (Å²) in [5.74, 6) is 0.342. The minimum absolute atomic E-state index is 0.00225. The van der Waals surface area contributed by atoms with Gasteiger partial charge < -0.3 is 15.0 Å². The summed E-state index contributed by atoms with van der Waals surface area (Å²) in [6.07, 6.45) is 0. The molecule has 0 heterocycles. The molecule has 0 aliphatic rings. The zero-order chi connectivity index (χ0) is 18.2. The number of nitrogens with one attached hydrogen (secondary N) is 1. The van der Waals surface area contributed by atoms with Crippen molar-refractivity contribution >= 4 is 17.5 Å². The first kappa shape index (κ1) is 18.5. The minimum Gasteiger partial charge on any atom is -0.489 e. The van der Waals surface area contributed by atoms with Gasteiger partial charge in [0.1, 0.15) is 18.9 Å². The lowest BCUT2D eigenvalue weighted by Gasteiger charge is -2.21. The molecule has 0 saturated heterocycles. The van der Waals surface area contributed by atoms with Crippen molar-refractivity contribution in [2.24, 2.45) is 0 Å². The summed E-state index contributed by atoms with van der Waals surface area (Å²) in [6, 6.07) is 17.1. The predicted molar refractivity (Wildman–Crippen MR) is 98.5 cm³/mol. The molecule has 132 valence electrons. The minimum atomic E-state index is -0.186. The van der Waals surface area contributed by atoms with E-state index in [1.54, 1.807) is 24.3 Å². The van der Waals surface area contributed by atoms with Crippen LogP contribution in [0.4, 0.5) is 5.69 Å². The van der Waals surface area contributed by atoms with Crippen molar-refractivity contribution in [1.82, 2.24) is 5.32 Å².